The van der Waals surface area contributed by atoms with E-state index in [4.69, 9.17) is 29.9 Å². The van der Waals surface area contributed by atoms with Crippen molar-refractivity contribution in [2.75, 3.05) is 0 Å². The fourth-order valence-electron chi connectivity index (χ4n) is 22.3. The van der Waals surface area contributed by atoms with Crippen LogP contribution < -0.4 is 0 Å². The molecule has 0 unspecified atom stereocenters. The number of hydrogen-bond donors (Lipinski definition) is 0. The van der Waals surface area contributed by atoms with E-state index in [2.05, 4.69) is 488 Å². The monoisotopic (exact) mass is 1910 g/mol. The second kappa shape index (κ2) is 37.2. The van der Waals surface area contributed by atoms with Crippen molar-refractivity contribution in [3.63, 3.8) is 0 Å². The van der Waals surface area contributed by atoms with Crippen molar-refractivity contribution in [1.29, 1.82) is 0 Å². The van der Waals surface area contributed by atoms with Crippen molar-refractivity contribution in [3.8, 4) is 168 Å². The van der Waals surface area contributed by atoms with Gasteiger partial charge >= 0.3 is 0 Å². The van der Waals surface area contributed by atoms with E-state index < -0.39 is 0 Å². The highest BCUT2D eigenvalue weighted by molar-refractivity contribution is 6.28. The standard InChI is InChI=1S/3C47H29N3/c1-2-14-39-30(7-1)8-5-15-40(39)31-16-20-35(21-17-31)47-49-43(37-12-4-11-36(27-37)38-13-6-26-48-29-38)28-44(50-47)41-24-22-34-19-18-32-9-3-10-33-23-25-42(41)46(34)45(32)33;1-2-11-39-31(6-1)7-4-12-40(39)32-15-21-37(22-16-32)47-49-43(33-17-13-30(14-18-33)38-10-5-27-48-29-38)28-44(50-47)41-25-23-36-20-19-34-8-3-9-35-24-26-42(41)46(36)45(34)35;1-2-7-36-26-38(20-15-30(36)6-1)31-13-18-35(19-14-31)47-49-43(39-11-4-10-37(27-39)40-12-5-25-48-29-40)28-44(50-47)41-23-21-34-17-16-32-8-3-9-33-22-24-42(41)46(34)45(32)33/h3*1-29H. The minimum absolute atomic E-state index is 0.694. The zero-order valence-corrected chi connectivity index (χ0v) is 81.3. The third-order valence-electron chi connectivity index (χ3n) is 29.8. The quantitative estimate of drug-likeness (QED) is 0.0925. The number of rotatable bonds is 15. The molecule has 9 heteroatoms. The molecular weight excluding hydrogens is 1820 g/mol. The first-order chi connectivity index (χ1) is 74.3. The molecule has 30 rings (SSSR count). The van der Waals surface area contributed by atoms with Crippen molar-refractivity contribution in [2.45, 2.75) is 0 Å². The second-order valence-electron chi connectivity index (χ2n) is 38.6. The first-order valence-corrected chi connectivity index (χ1v) is 50.8. The molecule has 30 aromatic rings. The summed E-state index contributed by atoms with van der Waals surface area (Å²) in [7, 11) is 0. The van der Waals surface area contributed by atoms with Crippen molar-refractivity contribution in [1.82, 2.24) is 44.9 Å². The molecule has 0 saturated heterocycles. The lowest BCUT2D eigenvalue weighted by atomic mass is 9.91. The average Bonchev–Trinajstić information content (AvgIpc) is 0.736. The predicted octanol–water partition coefficient (Wildman–Crippen LogP) is 36.8. The van der Waals surface area contributed by atoms with Crippen molar-refractivity contribution >= 4 is 129 Å². The summed E-state index contributed by atoms with van der Waals surface area (Å²) >= 11 is 0. The van der Waals surface area contributed by atoms with E-state index in [1.54, 1.807) is 18.6 Å². The van der Waals surface area contributed by atoms with Gasteiger partial charge in [-0.15, -0.1) is 0 Å². The van der Waals surface area contributed by atoms with E-state index in [9.17, 15) is 0 Å². The van der Waals surface area contributed by atoms with Crippen LogP contribution in [-0.4, -0.2) is 44.9 Å². The van der Waals surface area contributed by atoms with Gasteiger partial charge in [-0.2, -0.15) is 0 Å². The molecule has 0 radical (unpaired) electrons. The summed E-state index contributed by atoms with van der Waals surface area (Å²) in [5.74, 6) is 2.09. The Morgan fingerprint density at radius 2 is 0.367 bits per heavy atom. The van der Waals surface area contributed by atoms with Crippen LogP contribution in [0.3, 0.4) is 0 Å². The van der Waals surface area contributed by atoms with Gasteiger partial charge in [0.15, 0.2) is 17.5 Å². The Morgan fingerprint density at radius 3 is 0.753 bits per heavy atom. The Bertz CT molecular complexity index is 10400. The van der Waals surface area contributed by atoms with E-state index in [-0.39, 0.29) is 0 Å². The molecule has 0 aliphatic heterocycles. The summed E-state index contributed by atoms with van der Waals surface area (Å²) in [5, 5.41) is 29.9. The Hall–Kier alpha value is -20.1. The Balaban J connectivity index is 0.000000108. The maximum Gasteiger partial charge on any atom is 0.160 e. The summed E-state index contributed by atoms with van der Waals surface area (Å²) in [6, 6.07) is 175. The van der Waals surface area contributed by atoms with Crippen LogP contribution in [0.5, 0.6) is 0 Å². The number of benzene rings is 24. The molecule has 0 saturated carbocycles. The molecule has 0 aliphatic rings. The summed E-state index contributed by atoms with van der Waals surface area (Å²) in [4.78, 5) is 44.5. The second-order valence-corrected chi connectivity index (χ2v) is 38.6. The zero-order chi connectivity index (χ0) is 99.1. The first-order valence-electron chi connectivity index (χ1n) is 50.8. The molecule has 6 heterocycles. The van der Waals surface area contributed by atoms with Gasteiger partial charge in [0.2, 0.25) is 0 Å². The van der Waals surface area contributed by atoms with Gasteiger partial charge < -0.3 is 0 Å². The third kappa shape index (κ3) is 16.2. The molecule has 150 heavy (non-hydrogen) atoms. The minimum Gasteiger partial charge on any atom is -0.264 e. The highest BCUT2D eigenvalue weighted by atomic mass is 14.9. The van der Waals surface area contributed by atoms with Crippen LogP contribution >= 0.6 is 0 Å². The third-order valence-corrected chi connectivity index (χ3v) is 29.8. The van der Waals surface area contributed by atoms with Crippen LogP contribution in [0.25, 0.3) is 298 Å². The SMILES string of the molecule is c1cncc(-c2ccc(-c3cc(-c4ccc5ccc6cccc7ccc4c5c67)nc(-c4ccc(-c5cccc6ccccc56)cc4)n3)cc2)c1.c1cncc(-c2cccc(-c3cc(-c4ccc5ccc6cccc7ccc4c5c67)nc(-c4ccc(-c5ccc6ccccc6c5)cc4)n3)c2)c1.c1cncc(-c2cccc(-c3cc(-c4ccc5ccc6cccc7ccc4c5c67)nc(-c4ccc(-c5cccc6ccccc56)cc4)n3)c2)c1. The number of fused-ring (bicyclic) bond motifs is 3. The van der Waals surface area contributed by atoms with Gasteiger partial charge in [-0.05, 0) is 240 Å². The van der Waals surface area contributed by atoms with Crippen LogP contribution in [0.1, 0.15) is 0 Å². The highest BCUT2D eigenvalue weighted by Gasteiger charge is 2.24. The molecule has 0 spiro atoms. The number of nitrogens with zero attached hydrogens (tertiary/aromatic N) is 9. The summed E-state index contributed by atoms with van der Waals surface area (Å²) in [6.45, 7) is 0. The van der Waals surface area contributed by atoms with Gasteiger partial charge in [0.05, 0.1) is 34.2 Å². The molecule has 0 bridgehead atoms. The highest BCUT2D eigenvalue weighted by Crippen LogP contribution is 2.47. The molecule has 0 N–H and O–H groups in total. The van der Waals surface area contributed by atoms with Crippen LogP contribution in [0.4, 0.5) is 0 Å². The molecular formula is C141H87N9. The Morgan fingerprint density at radius 1 is 0.113 bits per heavy atom. The van der Waals surface area contributed by atoms with Crippen molar-refractivity contribution < 1.29 is 0 Å². The predicted molar refractivity (Wildman–Crippen MR) is 625 cm³/mol. The molecule has 0 aliphatic carbocycles. The molecule has 24 aromatic carbocycles. The maximum atomic E-state index is 5.29. The van der Waals surface area contributed by atoms with E-state index in [1.807, 2.05) is 36.8 Å². The maximum absolute atomic E-state index is 5.29. The smallest absolute Gasteiger partial charge is 0.160 e. The number of aromatic nitrogens is 9. The molecule has 0 fully saturated rings. The summed E-state index contributed by atoms with van der Waals surface area (Å²) in [6.07, 6.45) is 11.1. The Kier molecular flexibility index (Phi) is 21.8. The summed E-state index contributed by atoms with van der Waals surface area (Å²) in [5.41, 5.74) is 28.3. The van der Waals surface area contributed by atoms with Crippen molar-refractivity contribution in [2.24, 2.45) is 0 Å². The topological polar surface area (TPSA) is 116 Å². The van der Waals surface area contributed by atoms with Crippen LogP contribution in [0, 0.1) is 0 Å². The van der Waals surface area contributed by atoms with Gasteiger partial charge in [0.25, 0.3) is 0 Å². The van der Waals surface area contributed by atoms with Crippen LogP contribution in [0.15, 0.2) is 529 Å². The fraction of sp³-hybridized carbons (Fsp3) is 0. The first kappa shape index (κ1) is 87.6. The minimum atomic E-state index is 0.694. The summed E-state index contributed by atoms with van der Waals surface area (Å²) < 4.78 is 0. The van der Waals surface area contributed by atoms with E-state index in [1.165, 1.54) is 152 Å². The Labute approximate surface area is 865 Å². The normalized spacial score (nSPS) is 11.6. The van der Waals surface area contributed by atoms with Gasteiger partial charge in [-0.3, -0.25) is 15.0 Å². The average molecular weight is 1910 g/mol. The fourth-order valence-corrected chi connectivity index (χ4v) is 22.3. The zero-order valence-electron chi connectivity index (χ0n) is 81.3. The number of pyridine rings is 3. The lowest BCUT2D eigenvalue weighted by molar-refractivity contribution is 1.18. The van der Waals surface area contributed by atoms with Gasteiger partial charge in [-0.25, -0.2) is 29.9 Å². The lowest BCUT2D eigenvalue weighted by Crippen LogP contribution is -1.97. The molecule has 9 nitrogen and oxygen atoms in total. The molecule has 696 valence electrons. The van der Waals surface area contributed by atoms with Gasteiger partial charge in [-0.1, -0.05) is 437 Å². The molecule has 0 amide bonds. The largest absolute Gasteiger partial charge is 0.264 e. The van der Waals surface area contributed by atoms with Crippen LogP contribution in [0.2, 0.25) is 0 Å². The molecule has 6 aromatic heterocycles. The lowest BCUT2D eigenvalue weighted by Gasteiger charge is -2.15. The van der Waals surface area contributed by atoms with Gasteiger partial charge in [0, 0.05) is 98.4 Å². The van der Waals surface area contributed by atoms with Crippen LogP contribution in [-0.2, 0) is 0 Å². The van der Waals surface area contributed by atoms with E-state index >= 15 is 0 Å². The number of hydrogen-bond acceptors (Lipinski definition) is 9. The van der Waals surface area contributed by atoms with Crippen molar-refractivity contribution in [3.05, 3.63) is 529 Å². The van der Waals surface area contributed by atoms with Gasteiger partial charge in [0.1, 0.15) is 0 Å². The van der Waals surface area contributed by atoms with E-state index in [0.717, 1.165) is 129 Å². The van der Waals surface area contributed by atoms with E-state index in [0.29, 0.717) is 17.5 Å². The molecule has 0 atom stereocenters.